The Hall–Kier alpha value is -2.18. The Balaban J connectivity index is 2.58. The fourth-order valence-corrected chi connectivity index (χ4v) is 1.75. The number of urea groups is 1. The van der Waals surface area contributed by atoms with Gasteiger partial charge in [0.25, 0.3) is 0 Å². The molecule has 1 aromatic carbocycles. The van der Waals surface area contributed by atoms with E-state index in [2.05, 4.69) is 10.6 Å². The first kappa shape index (κ1) is 16.9. The Morgan fingerprint density at radius 2 is 1.95 bits per heavy atom. The van der Waals surface area contributed by atoms with Crippen LogP contribution in [-0.4, -0.2) is 23.7 Å². The zero-order chi connectivity index (χ0) is 16.0. The average molecular weight is 300 g/mol. The molecule has 0 aromatic heterocycles. The van der Waals surface area contributed by atoms with E-state index in [1.165, 1.54) is 6.92 Å². The second kappa shape index (κ2) is 7.56. The highest BCUT2D eigenvalue weighted by Gasteiger charge is 2.14. The molecule has 0 aliphatic carbocycles. The first-order valence-corrected chi connectivity index (χ1v) is 6.55. The zero-order valence-corrected chi connectivity index (χ0v) is 11.9. The van der Waals surface area contributed by atoms with Crippen molar-refractivity contribution in [3.05, 3.63) is 29.3 Å². The van der Waals surface area contributed by atoms with E-state index >= 15 is 0 Å². The van der Waals surface area contributed by atoms with Crippen LogP contribution >= 0.6 is 0 Å². The lowest BCUT2D eigenvalue weighted by molar-refractivity contribution is -0.138. The van der Waals surface area contributed by atoms with Crippen molar-refractivity contribution in [2.45, 2.75) is 26.7 Å². The third-order valence-electron chi connectivity index (χ3n) is 3.09. The maximum absolute atomic E-state index is 13.5. The van der Waals surface area contributed by atoms with Crippen LogP contribution < -0.4 is 10.6 Å². The monoisotopic (exact) mass is 300 g/mol. The van der Waals surface area contributed by atoms with Gasteiger partial charge in [0.1, 0.15) is 11.6 Å². The number of carbonyl (C=O) groups excluding carboxylic acids is 1. The van der Waals surface area contributed by atoms with E-state index < -0.39 is 23.6 Å². The Bertz CT molecular complexity index is 535. The van der Waals surface area contributed by atoms with Gasteiger partial charge >= 0.3 is 12.0 Å². The van der Waals surface area contributed by atoms with Gasteiger partial charge in [-0.05, 0) is 24.5 Å². The molecule has 3 N–H and O–H groups in total. The number of benzene rings is 1. The molecule has 0 radical (unpaired) electrons. The smallest absolute Gasteiger partial charge is 0.319 e. The lowest BCUT2D eigenvalue weighted by atomic mass is 10.0. The van der Waals surface area contributed by atoms with Crippen molar-refractivity contribution in [1.29, 1.82) is 0 Å². The second-order valence-electron chi connectivity index (χ2n) is 4.79. The van der Waals surface area contributed by atoms with Crippen molar-refractivity contribution in [2.75, 3.05) is 11.9 Å². The maximum atomic E-state index is 13.5. The van der Waals surface area contributed by atoms with E-state index in [9.17, 15) is 18.4 Å². The van der Waals surface area contributed by atoms with E-state index in [0.717, 1.165) is 12.1 Å². The molecule has 0 aliphatic heterocycles. The lowest BCUT2D eigenvalue weighted by Gasteiger charge is -2.14. The molecule has 0 fully saturated rings. The van der Waals surface area contributed by atoms with Crippen molar-refractivity contribution in [3.8, 4) is 0 Å². The SMILES string of the molecule is CCC(CNC(=O)Nc1cc(F)c(C)cc1F)CC(=O)O. The summed E-state index contributed by atoms with van der Waals surface area (Å²) in [5.74, 6) is -2.52. The number of carboxylic acids is 1. The number of carboxylic acid groups (broad SMARTS) is 1. The predicted molar refractivity (Wildman–Crippen MR) is 74.2 cm³/mol. The fraction of sp³-hybridized carbons (Fsp3) is 0.429. The van der Waals surface area contributed by atoms with Crippen molar-refractivity contribution in [1.82, 2.24) is 5.32 Å². The van der Waals surface area contributed by atoms with Gasteiger partial charge in [-0.3, -0.25) is 4.79 Å². The molecule has 0 aliphatic rings. The van der Waals surface area contributed by atoms with E-state index in [1.807, 2.05) is 6.92 Å². The molecule has 0 spiro atoms. The standard InChI is InChI=1S/C14H18F2N2O3/c1-3-9(5-13(19)20)7-17-14(21)18-12-6-10(15)8(2)4-11(12)16/h4,6,9H,3,5,7H2,1-2H3,(H,19,20)(H2,17,18,21). The van der Waals surface area contributed by atoms with Crippen LogP contribution in [0.2, 0.25) is 0 Å². The molecule has 7 heteroatoms. The number of hydrogen-bond acceptors (Lipinski definition) is 2. The Morgan fingerprint density at radius 3 is 2.52 bits per heavy atom. The van der Waals surface area contributed by atoms with Crippen molar-refractivity contribution >= 4 is 17.7 Å². The number of amides is 2. The fourth-order valence-electron chi connectivity index (χ4n) is 1.75. The minimum Gasteiger partial charge on any atom is -0.481 e. The first-order valence-electron chi connectivity index (χ1n) is 6.55. The summed E-state index contributed by atoms with van der Waals surface area (Å²) in [5, 5.41) is 13.3. The molecule has 0 saturated carbocycles. The summed E-state index contributed by atoms with van der Waals surface area (Å²) in [6, 6.07) is 1.18. The van der Waals surface area contributed by atoms with Gasteiger partial charge in [0.05, 0.1) is 5.69 Å². The van der Waals surface area contributed by atoms with Crippen LogP contribution in [0.15, 0.2) is 12.1 Å². The summed E-state index contributed by atoms with van der Waals surface area (Å²) in [5.41, 5.74) is -0.118. The Morgan fingerprint density at radius 1 is 1.29 bits per heavy atom. The van der Waals surface area contributed by atoms with E-state index in [-0.39, 0.29) is 30.1 Å². The van der Waals surface area contributed by atoms with Crippen LogP contribution in [0.4, 0.5) is 19.3 Å². The minimum absolute atomic E-state index is 0.0652. The van der Waals surface area contributed by atoms with Gasteiger partial charge in [0.15, 0.2) is 0 Å². The van der Waals surface area contributed by atoms with Gasteiger partial charge in [-0.25, -0.2) is 13.6 Å². The highest BCUT2D eigenvalue weighted by molar-refractivity contribution is 5.89. The molecule has 5 nitrogen and oxygen atoms in total. The molecule has 1 aromatic rings. The molecular formula is C14H18F2N2O3. The topological polar surface area (TPSA) is 78.4 Å². The maximum Gasteiger partial charge on any atom is 0.319 e. The molecule has 1 unspecified atom stereocenters. The van der Waals surface area contributed by atoms with Gasteiger partial charge in [-0.1, -0.05) is 13.3 Å². The summed E-state index contributed by atoms with van der Waals surface area (Å²) in [6.07, 6.45) is 0.518. The summed E-state index contributed by atoms with van der Waals surface area (Å²) in [6.45, 7) is 3.37. The van der Waals surface area contributed by atoms with E-state index in [0.29, 0.717) is 6.42 Å². The van der Waals surface area contributed by atoms with Crippen molar-refractivity contribution in [2.24, 2.45) is 5.92 Å². The Labute approximate surface area is 121 Å². The van der Waals surface area contributed by atoms with Crippen LogP contribution in [0.25, 0.3) is 0 Å². The molecule has 0 bridgehead atoms. The quantitative estimate of drug-likeness (QED) is 0.756. The number of rotatable bonds is 6. The van der Waals surface area contributed by atoms with Gasteiger partial charge in [-0.15, -0.1) is 0 Å². The van der Waals surface area contributed by atoms with Crippen LogP contribution in [0, 0.1) is 24.5 Å². The van der Waals surface area contributed by atoms with Gasteiger partial charge in [-0.2, -0.15) is 0 Å². The predicted octanol–water partition coefficient (Wildman–Crippen LogP) is 2.90. The highest BCUT2D eigenvalue weighted by atomic mass is 19.1. The molecule has 1 rings (SSSR count). The highest BCUT2D eigenvalue weighted by Crippen LogP contribution is 2.18. The normalized spacial score (nSPS) is 11.8. The average Bonchev–Trinajstić information content (AvgIpc) is 2.40. The molecule has 0 saturated heterocycles. The largest absolute Gasteiger partial charge is 0.481 e. The van der Waals surface area contributed by atoms with Crippen LogP contribution in [0.5, 0.6) is 0 Å². The number of nitrogens with one attached hydrogen (secondary N) is 2. The zero-order valence-electron chi connectivity index (χ0n) is 11.9. The number of aliphatic carboxylic acids is 1. The summed E-state index contributed by atoms with van der Waals surface area (Å²) < 4.78 is 26.9. The summed E-state index contributed by atoms with van der Waals surface area (Å²) in [4.78, 5) is 22.2. The molecule has 0 heterocycles. The number of aryl methyl sites for hydroxylation is 1. The molecule has 1 atom stereocenters. The van der Waals surface area contributed by atoms with Gasteiger partial charge < -0.3 is 15.7 Å². The van der Waals surface area contributed by atoms with Crippen LogP contribution in [-0.2, 0) is 4.79 Å². The van der Waals surface area contributed by atoms with Crippen LogP contribution in [0.1, 0.15) is 25.3 Å². The van der Waals surface area contributed by atoms with Crippen molar-refractivity contribution in [3.63, 3.8) is 0 Å². The summed E-state index contributed by atoms with van der Waals surface area (Å²) in [7, 11) is 0. The number of halogens is 2. The van der Waals surface area contributed by atoms with Gasteiger partial charge in [0.2, 0.25) is 0 Å². The minimum atomic E-state index is -0.948. The number of carbonyl (C=O) groups is 2. The summed E-state index contributed by atoms with van der Waals surface area (Å²) >= 11 is 0. The molecule has 2 amide bonds. The third-order valence-corrected chi connectivity index (χ3v) is 3.09. The van der Waals surface area contributed by atoms with Gasteiger partial charge in [0, 0.05) is 19.0 Å². The van der Waals surface area contributed by atoms with E-state index in [4.69, 9.17) is 5.11 Å². The number of hydrogen-bond donors (Lipinski definition) is 3. The Kier molecular flexibility index (Phi) is 6.08. The van der Waals surface area contributed by atoms with E-state index in [1.54, 1.807) is 0 Å². The first-order chi connectivity index (χ1) is 9.83. The van der Waals surface area contributed by atoms with Crippen molar-refractivity contribution < 1.29 is 23.5 Å². The molecular weight excluding hydrogens is 282 g/mol. The second-order valence-corrected chi connectivity index (χ2v) is 4.79. The molecule has 116 valence electrons. The number of anilines is 1. The van der Waals surface area contributed by atoms with Crippen LogP contribution in [0.3, 0.4) is 0 Å². The third kappa shape index (κ3) is 5.37. The molecule has 21 heavy (non-hydrogen) atoms. The lowest BCUT2D eigenvalue weighted by Crippen LogP contribution is -2.34.